The minimum Gasteiger partial charge on any atom is -0.460 e. The van der Waals surface area contributed by atoms with Crippen molar-refractivity contribution in [2.45, 2.75) is 104 Å². The van der Waals surface area contributed by atoms with E-state index in [0.717, 1.165) is 5.56 Å². The second-order valence-corrected chi connectivity index (χ2v) is 12.4. The topological polar surface area (TPSA) is 89.9 Å². The second kappa shape index (κ2) is 8.86. The van der Waals surface area contributed by atoms with E-state index in [1.54, 1.807) is 41.5 Å². The van der Waals surface area contributed by atoms with Crippen molar-refractivity contribution in [3.63, 3.8) is 0 Å². The Balaban J connectivity index is 2.66. The second-order valence-electron chi connectivity index (χ2n) is 12.4. The van der Waals surface area contributed by atoms with Crippen LogP contribution in [-0.4, -0.2) is 39.6 Å². The first-order valence-electron chi connectivity index (χ1n) is 11.5. The number of hydrogen-bond acceptors (Lipinski definition) is 6. The maximum atomic E-state index is 13.4. The van der Waals surface area contributed by atoms with Crippen molar-refractivity contribution in [1.82, 2.24) is 0 Å². The van der Waals surface area contributed by atoms with Gasteiger partial charge in [0, 0.05) is 12.3 Å². The molecule has 0 aromatic heterocycles. The van der Waals surface area contributed by atoms with E-state index in [1.807, 2.05) is 24.3 Å². The van der Waals surface area contributed by atoms with Crippen molar-refractivity contribution in [3.05, 3.63) is 35.4 Å². The molecule has 0 saturated heterocycles. The lowest BCUT2D eigenvalue weighted by Crippen LogP contribution is -2.56. The van der Waals surface area contributed by atoms with Gasteiger partial charge in [0.05, 0.1) is 11.5 Å². The molecule has 0 aliphatic heterocycles. The van der Waals surface area contributed by atoms with Crippen LogP contribution in [0.4, 0.5) is 0 Å². The van der Waals surface area contributed by atoms with E-state index >= 15 is 0 Å². The highest BCUT2D eigenvalue weighted by molar-refractivity contribution is 6.03. The van der Waals surface area contributed by atoms with Crippen LogP contribution >= 0.6 is 0 Å². The zero-order chi connectivity index (χ0) is 25.6. The Morgan fingerprint density at radius 1 is 0.879 bits per heavy atom. The monoisotopic (exact) mass is 460 g/mol. The summed E-state index contributed by atoms with van der Waals surface area (Å²) >= 11 is 0. The predicted octanol–water partition coefficient (Wildman–Crippen LogP) is 4.71. The molecular formula is C27H40O6. The van der Waals surface area contributed by atoms with Crippen molar-refractivity contribution in [2.75, 3.05) is 0 Å². The number of esters is 2. The lowest BCUT2D eigenvalue weighted by atomic mass is 9.61. The van der Waals surface area contributed by atoms with Gasteiger partial charge in [-0.05, 0) is 65.0 Å². The maximum Gasteiger partial charge on any atom is 0.317 e. The molecule has 33 heavy (non-hydrogen) atoms. The fourth-order valence-corrected chi connectivity index (χ4v) is 4.35. The number of hydrogen-bond donors (Lipinski definition) is 1. The van der Waals surface area contributed by atoms with E-state index in [9.17, 15) is 19.5 Å². The highest BCUT2D eigenvalue weighted by Crippen LogP contribution is 2.47. The molecule has 0 spiro atoms. The highest BCUT2D eigenvalue weighted by Gasteiger charge is 2.57. The molecule has 1 saturated carbocycles. The Bertz CT molecular complexity index is 891. The molecule has 1 aromatic carbocycles. The van der Waals surface area contributed by atoms with Gasteiger partial charge in [0.1, 0.15) is 17.1 Å². The number of carbonyl (C=O) groups is 3. The summed E-state index contributed by atoms with van der Waals surface area (Å²) in [5.41, 5.74) is -1.69. The van der Waals surface area contributed by atoms with Gasteiger partial charge in [-0.25, -0.2) is 0 Å². The van der Waals surface area contributed by atoms with Gasteiger partial charge in [-0.15, -0.1) is 0 Å². The molecule has 0 unspecified atom stereocenters. The Hall–Kier alpha value is -2.21. The molecule has 6 heteroatoms. The summed E-state index contributed by atoms with van der Waals surface area (Å²) in [4.78, 5) is 39.8. The molecular weight excluding hydrogens is 420 g/mol. The van der Waals surface area contributed by atoms with Crippen molar-refractivity contribution >= 4 is 17.7 Å². The zero-order valence-electron chi connectivity index (χ0n) is 21.7. The number of ether oxygens (including phenoxy) is 2. The lowest BCUT2D eigenvalue weighted by Gasteiger charge is -2.44. The van der Waals surface area contributed by atoms with E-state index in [4.69, 9.17) is 9.47 Å². The fraction of sp³-hybridized carbons (Fsp3) is 0.667. The molecule has 0 amide bonds. The van der Waals surface area contributed by atoms with Crippen LogP contribution in [0.5, 0.6) is 0 Å². The first-order valence-corrected chi connectivity index (χ1v) is 11.5. The van der Waals surface area contributed by atoms with E-state index in [-0.39, 0.29) is 11.8 Å². The third-order valence-corrected chi connectivity index (χ3v) is 5.75. The molecule has 4 atom stereocenters. The molecule has 184 valence electrons. The van der Waals surface area contributed by atoms with Gasteiger partial charge in [0.15, 0.2) is 5.78 Å². The quantitative estimate of drug-likeness (QED) is 0.519. The summed E-state index contributed by atoms with van der Waals surface area (Å²) in [5.74, 6) is -5.03. The summed E-state index contributed by atoms with van der Waals surface area (Å²) in [6, 6.07) is 7.52. The van der Waals surface area contributed by atoms with Gasteiger partial charge >= 0.3 is 11.9 Å². The smallest absolute Gasteiger partial charge is 0.317 e. The average Bonchev–Trinajstić information content (AvgIpc) is 2.56. The van der Waals surface area contributed by atoms with E-state index in [1.165, 1.54) is 6.92 Å². The summed E-state index contributed by atoms with van der Waals surface area (Å²) in [6.07, 6.45) is -0.336. The molecule has 0 radical (unpaired) electrons. The van der Waals surface area contributed by atoms with Crippen molar-refractivity contribution < 1.29 is 29.0 Å². The van der Waals surface area contributed by atoms with Gasteiger partial charge in [-0.2, -0.15) is 0 Å². The first-order chi connectivity index (χ1) is 14.7. The van der Waals surface area contributed by atoms with Crippen molar-refractivity contribution in [2.24, 2.45) is 11.8 Å². The summed E-state index contributed by atoms with van der Waals surface area (Å²) in [5, 5.41) is 11.2. The average molecular weight is 461 g/mol. The molecule has 1 aromatic rings. The third-order valence-electron chi connectivity index (χ3n) is 5.75. The van der Waals surface area contributed by atoms with Crippen LogP contribution < -0.4 is 0 Å². The van der Waals surface area contributed by atoms with Gasteiger partial charge in [0.25, 0.3) is 0 Å². The van der Waals surface area contributed by atoms with Crippen LogP contribution in [0.3, 0.4) is 0 Å². The maximum absolute atomic E-state index is 13.4. The number of aliphatic hydroxyl groups is 1. The van der Waals surface area contributed by atoms with Crippen LogP contribution in [-0.2, 0) is 29.3 Å². The van der Waals surface area contributed by atoms with Crippen LogP contribution in [0.15, 0.2) is 24.3 Å². The summed E-state index contributed by atoms with van der Waals surface area (Å²) in [6.45, 7) is 18.1. The van der Waals surface area contributed by atoms with Gasteiger partial charge < -0.3 is 14.6 Å². The molecule has 1 aliphatic rings. The fourth-order valence-electron chi connectivity index (χ4n) is 4.35. The number of ketones is 1. The molecule has 6 nitrogen and oxygen atoms in total. The van der Waals surface area contributed by atoms with Crippen LogP contribution in [0.25, 0.3) is 0 Å². The lowest BCUT2D eigenvalue weighted by molar-refractivity contribution is -0.182. The third kappa shape index (κ3) is 6.66. The minimum atomic E-state index is -1.68. The largest absolute Gasteiger partial charge is 0.460 e. The number of carbonyl (C=O) groups excluding carboxylic acids is 3. The number of benzene rings is 1. The summed E-state index contributed by atoms with van der Waals surface area (Å²) in [7, 11) is 0. The zero-order valence-corrected chi connectivity index (χ0v) is 21.7. The molecule has 1 aliphatic carbocycles. The van der Waals surface area contributed by atoms with Crippen LogP contribution in [0, 0.1) is 11.8 Å². The Kier molecular flexibility index (Phi) is 7.26. The van der Waals surface area contributed by atoms with Gasteiger partial charge in [-0.1, -0.05) is 45.0 Å². The molecule has 2 rings (SSSR count). The van der Waals surface area contributed by atoms with E-state index in [0.29, 0.717) is 5.56 Å². The molecule has 1 fully saturated rings. The number of rotatable bonds is 3. The van der Waals surface area contributed by atoms with E-state index < -0.39 is 52.3 Å². The highest BCUT2D eigenvalue weighted by atomic mass is 16.6. The standard InChI is InChI=1S/C27H40O6/c1-24(2,3)17-13-11-16(12-14-17)19-20(22(29)32-25(4,5)6)18(28)15-27(10,31)21(19)23(30)33-26(7,8)9/h11-14,19-21,31H,15H2,1-10H3/t19-,20+,21-,27-/m0/s1. The molecule has 0 bridgehead atoms. The van der Waals surface area contributed by atoms with Crippen LogP contribution in [0.1, 0.15) is 92.7 Å². The molecule has 1 N–H and O–H groups in total. The van der Waals surface area contributed by atoms with Gasteiger partial charge in [0.2, 0.25) is 0 Å². The molecule has 0 heterocycles. The van der Waals surface area contributed by atoms with Gasteiger partial charge in [-0.3, -0.25) is 14.4 Å². The minimum absolute atomic E-state index is 0.0957. The van der Waals surface area contributed by atoms with Crippen molar-refractivity contribution in [1.29, 1.82) is 0 Å². The summed E-state index contributed by atoms with van der Waals surface area (Å²) < 4.78 is 11.2. The predicted molar refractivity (Wildman–Crippen MR) is 127 cm³/mol. The Labute approximate surface area is 198 Å². The Morgan fingerprint density at radius 3 is 1.76 bits per heavy atom. The number of Topliss-reactive ketones (excluding diaryl/α,β-unsaturated/α-hetero) is 1. The SMILES string of the molecule is CC(C)(C)OC(=O)[C@@H]1C(=O)C[C@](C)(O)[C@H](C(=O)OC(C)(C)C)[C@H]1c1ccc(C(C)(C)C)cc1. The first kappa shape index (κ1) is 27.0. The van der Waals surface area contributed by atoms with Crippen molar-refractivity contribution in [3.8, 4) is 0 Å². The normalized spacial score (nSPS) is 26.6. The van der Waals surface area contributed by atoms with Crippen LogP contribution in [0.2, 0.25) is 0 Å². The Morgan fingerprint density at radius 2 is 1.33 bits per heavy atom. The van der Waals surface area contributed by atoms with E-state index in [2.05, 4.69) is 20.8 Å².